The first-order chi connectivity index (χ1) is 9.77. The number of hydrogen-bond donors (Lipinski definition) is 4. The number of nitrogen functional groups attached to an aromatic ring is 1. The van der Waals surface area contributed by atoms with Gasteiger partial charge in [0, 0.05) is 23.1 Å². The van der Waals surface area contributed by atoms with Crippen molar-refractivity contribution in [2.24, 2.45) is 5.92 Å². The smallest absolute Gasteiger partial charge is 0.267 e. The fourth-order valence-corrected chi connectivity index (χ4v) is 2.59. The molecular weight excluding hydrogens is 266 g/mol. The third-order valence-electron chi connectivity index (χ3n) is 3.37. The highest BCUT2D eigenvalue weighted by atomic mass is 16.3. The molecule has 2 aromatic rings. The zero-order chi connectivity index (χ0) is 15.6. The van der Waals surface area contributed by atoms with Crippen molar-refractivity contribution in [2.75, 3.05) is 12.3 Å². The molecule has 114 valence electrons. The Kier molecular flexibility index (Phi) is 4.23. The lowest BCUT2D eigenvalue weighted by molar-refractivity contribution is 0.0367. The van der Waals surface area contributed by atoms with Gasteiger partial charge in [0.15, 0.2) is 0 Å². The summed E-state index contributed by atoms with van der Waals surface area (Å²) in [5, 5.41) is 13.9. The topological polar surface area (TPSA) is 91.1 Å². The third-order valence-corrected chi connectivity index (χ3v) is 3.37. The van der Waals surface area contributed by atoms with E-state index in [0.717, 1.165) is 10.9 Å². The van der Waals surface area contributed by atoms with Gasteiger partial charge in [0.2, 0.25) is 0 Å². The van der Waals surface area contributed by atoms with Gasteiger partial charge in [-0.05, 0) is 43.5 Å². The predicted molar refractivity (Wildman–Crippen MR) is 85.1 cm³/mol. The molecule has 1 unspecified atom stereocenters. The maximum absolute atomic E-state index is 12.1. The van der Waals surface area contributed by atoms with E-state index >= 15 is 0 Å². The average molecular weight is 289 g/mol. The standard InChI is InChI=1S/C16H23N3O2/c1-10(2)8-16(3,21)9-18-15(20)14-7-11-6-12(17)4-5-13(11)19-14/h4-7,10,19,21H,8-9,17H2,1-3H3,(H,18,20). The molecule has 0 radical (unpaired) electrons. The van der Waals surface area contributed by atoms with E-state index in [9.17, 15) is 9.90 Å². The summed E-state index contributed by atoms with van der Waals surface area (Å²) in [5.74, 6) is 0.141. The van der Waals surface area contributed by atoms with Gasteiger partial charge in [-0.2, -0.15) is 0 Å². The van der Waals surface area contributed by atoms with Crippen LogP contribution in [0.3, 0.4) is 0 Å². The number of amides is 1. The number of fused-ring (bicyclic) bond motifs is 1. The van der Waals surface area contributed by atoms with Crippen molar-refractivity contribution >= 4 is 22.5 Å². The number of anilines is 1. The van der Waals surface area contributed by atoms with E-state index in [1.54, 1.807) is 19.1 Å². The van der Waals surface area contributed by atoms with E-state index < -0.39 is 5.60 Å². The molecular formula is C16H23N3O2. The van der Waals surface area contributed by atoms with Gasteiger partial charge in [0.05, 0.1) is 5.60 Å². The maximum Gasteiger partial charge on any atom is 0.267 e. The number of nitrogens with one attached hydrogen (secondary N) is 2. The van der Waals surface area contributed by atoms with Crippen molar-refractivity contribution < 1.29 is 9.90 Å². The predicted octanol–water partition coefficient (Wildman–Crippen LogP) is 2.28. The molecule has 1 atom stereocenters. The maximum atomic E-state index is 12.1. The summed E-state index contributed by atoms with van der Waals surface area (Å²) in [7, 11) is 0. The number of aromatic nitrogens is 1. The summed E-state index contributed by atoms with van der Waals surface area (Å²) in [4.78, 5) is 15.2. The van der Waals surface area contributed by atoms with Gasteiger partial charge < -0.3 is 21.1 Å². The summed E-state index contributed by atoms with van der Waals surface area (Å²) >= 11 is 0. The number of aliphatic hydroxyl groups is 1. The van der Waals surface area contributed by atoms with Gasteiger partial charge in [-0.15, -0.1) is 0 Å². The van der Waals surface area contributed by atoms with Gasteiger partial charge in [0.25, 0.3) is 5.91 Å². The lowest BCUT2D eigenvalue weighted by Gasteiger charge is -2.25. The molecule has 1 aromatic heterocycles. The fourth-order valence-electron chi connectivity index (χ4n) is 2.59. The first kappa shape index (κ1) is 15.4. The number of aromatic amines is 1. The molecule has 0 saturated carbocycles. The number of H-pyrrole nitrogens is 1. The molecule has 0 bridgehead atoms. The van der Waals surface area contributed by atoms with E-state index in [-0.39, 0.29) is 12.5 Å². The number of hydrogen-bond acceptors (Lipinski definition) is 3. The van der Waals surface area contributed by atoms with E-state index in [4.69, 9.17) is 5.73 Å². The van der Waals surface area contributed by atoms with Crippen LogP contribution in [0.4, 0.5) is 5.69 Å². The highest BCUT2D eigenvalue weighted by molar-refractivity contribution is 5.98. The third kappa shape index (κ3) is 3.98. The van der Waals surface area contributed by atoms with Gasteiger partial charge in [-0.25, -0.2) is 0 Å². The Balaban J connectivity index is 2.05. The molecule has 0 aliphatic heterocycles. The quantitative estimate of drug-likeness (QED) is 0.636. The fraction of sp³-hybridized carbons (Fsp3) is 0.438. The minimum Gasteiger partial charge on any atom is -0.399 e. The number of nitrogens with two attached hydrogens (primary N) is 1. The van der Waals surface area contributed by atoms with Gasteiger partial charge in [-0.3, -0.25) is 4.79 Å². The highest BCUT2D eigenvalue weighted by Crippen LogP contribution is 2.19. The summed E-state index contributed by atoms with van der Waals surface area (Å²) < 4.78 is 0. The molecule has 21 heavy (non-hydrogen) atoms. The summed E-state index contributed by atoms with van der Waals surface area (Å²) in [6.07, 6.45) is 0.635. The van der Waals surface area contributed by atoms with Crippen molar-refractivity contribution in [1.29, 1.82) is 0 Å². The molecule has 5 nitrogen and oxygen atoms in total. The first-order valence-corrected chi connectivity index (χ1v) is 7.16. The van der Waals surface area contributed by atoms with Crippen LogP contribution in [0.5, 0.6) is 0 Å². The van der Waals surface area contributed by atoms with Crippen LogP contribution in [0.1, 0.15) is 37.7 Å². The minimum atomic E-state index is -0.903. The second-order valence-electron chi connectivity index (χ2n) is 6.31. The molecule has 0 aliphatic rings. The second kappa shape index (κ2) is 5.77. The lowest BCUT2D eigenvalue weighted by atomic mass is 9.94. The van der Waals surface area contributed by atoms with E-state index in [0.29, 0.717) is 23.7 Å². The number of carbonyl (C=O) groups is 1. The van der Waals surface area contributed by atoms with Crippen LogP contribution in [0, 0.1) is 5.92 Å². The largest absolute Gasteiger partial charge is 0.399 e. The zero-order valence-electron chi connectivity index (χ0n) is 12.7. The molecule has 0 aliphatic carbocycles. The summed E-state index contributed by atoms with van der Waals surface area (Å²) in [5.41, 5.74) is 6.81. The molecule has 0 fully saturated rings. The Morgan fingerprint density at radius 1 is 1.43 bits per heavy atom. The van der Waals surface area contributed by atoms with Crippen molar-refractivity contribution in [3.63, 3.8) is 0 Å². The van der Waals surface area contributed by atoms with Crippen molar-refractivity contribution in [2.45, 2.75) is 32.8 Å². The molecule has 0 saturated heterocycles. The van der Waals surface area contributed by atoms with Crippen LogP contribution in [0.2, 0.25) is 0 Å². The van der Waals surface area contributed by atoms with Gasteiger partial charge >= 0.3 is 0 Å². The lowest BCUT2D eigenvalue weighted by Crippen LogP contribution is -2.41. The Hall–Kier alpha value is -2.01. The Bertz CT molecular complexity index is 644. The van der Waals surface area contributed by atoms with Crippen LogP contribution < -0.4 is 11.1 Å². The molecule has 1 aromatic carbocycles. The van der Waals surface area contributed by atoms with Crippen LogP contribution in [0.25, 0.3) is 10.9 Å². The SMILES string of the molecule is CC(C)CC(C)(O)CNC(=O)c1cc2cc(N)ccc2[nH]1. The zero-order valence-corrected chi connectivity index (χ0v) is 12.7. The Morgan fingerprint density at radius 3 is 2.81 bits per heavy atom. The van der Waals surface area contributed by atoms with Crippen molar-refractivity contribution in [1.82, 2.24) is 10.3 Å². The first-order valence-electron chi connectivity index (χ1n) is 7.16. The van der Waals surface area contributed by atoms with Gasteiger partial charge in [-0.1, -0.05) is 13.8 Å². The number of carbonyl (C=O) groups excluding carboxylic acids is 1. The van der Waals surface area contributed by atoms with Crippen LogP contribution in [-0.4, -0.2) is 28.1 Å². The van der Waals surface area contributed by atoms with E-state index in [1.807, 2.05) is 26.0 Å². The second-order valence-corrected chi connectivity index (χ2v) is 6.31. The van der Waals surface area contributed by atoms with E-state index in [2.05, 4.69) is 10.3 Å². The van der Waals surface area contributed by atoms with Crippen molar-refractivity contribution in [3.05, 3.63) is 30.0 Å². The summed E-state index contributed by atoms with van der Waals surface area (Å²) in [6, 6.07) is 7.21. The molecule has 1 amide bonds. The Morgan fingerprint density at radius 2 is 2.14 bits per heavy atom. The van der Waals surface area contributed by atoms with Crippen LogP contribution in [0.15, 0.2) is 24.3 Å². The Labute approximate surface area is 124 Å². The number of benzene rings is 1. The van der Waals surface area contributed by atoms with Crippen LogP contribution >= 0.6 is 0 Å². The number of rotatable bonds is 5. The van der Waals surface area contributed by atoms with Crippen LogP contribution in [-0.2, 0) is 0 Å². The van der Waals surface area contributed by atoms with Crippen molar-refractivity contribution in [3.8, 4) is 0 Å². The van der Waals surface area contributed by atoms with Gasteiger partial charge in [0.1, 0.15) is 5.69 Å². The minimum absolute atomic E-state index is 0.224. The molecule has 1 heterocycles. The summed E-state index contributed by atoms with van der Waals surface area (Å²) in [6.45, 7) is 6.04. The molecule has 5 N–H and O–H groups in total. The normalized spacial score (nSPS) is 14.3. The highest BCUT2D eigenvalue weighted by Gasteiger charge is 2.23. The van der Waals surface area contributed by atoms with E-state index in [1.165, 1.54) is 0 Å². The molecule has 0 spiro atoms. The monoisotopic (exact) mass is 289 g/mol. The average Bonchev–Trinajstić information content (AvgIpc) is 2.77. The molecule has 5 heteroatoms. The molecule has 2 rings (SSSR count).